The molecule has 8 nitrogen and oxygen atoms in total. The molecule has 12 heteroatoms. The second-order valence-electron chi connectivity index (χ2n) is 8.70. The minimum absolute atomic E-state index is 0.0268. The van der Waals surface area contributed by atoms with Crippen LogP contribution in [0.1, 0.15) is 17.5 Å². The van der Waals surface area contributed by atoms with Crippen LogP contribution in [-0.2, 0) is 28.0 Å². The van der Waals surface area contributed by atoms with E-state index in [1.165, 1.54) is 29.0 Å². The molecule has 1 aromatic heterocycles. The van der Waals surface area contributed by atoms with Crippen LogP contribution in [0.25, 0.3) is 0 Å². The van der Waals surface area contributed by atoms with Crippen LogP contribution < -0.4 is 4.90 Å². The number of hydrogen-bond donors (Lipinski definition) is 0. The van der Waals surface area contributed by atoms with Gasteiger partial charge in [0.15, 0.2) is 5.03 Å². The van der Waals surface area contributed by atoms with Crippen molar-refractivity contribution in [1.29, 1.82) is 5.26 Å². The van der Waals surface area contributed by atoms with Gasteiger partial charge in [0.25, 0.3) is 10.0 Å². The first-order valence-electron chi connectivity index (χ1n) is 10.3. The first-order chi connectivity index (χ1) is 15.5. The SMILES string of the molecule is COC[C@@]12CCN(S(=O)(=O)c3cn(C)cn3)C[C@@H]1CN(c1ccc(C#N)c(C(F)(F)F)c1)C2. The van der Waals surface area contributed by atoms with Gasteiger partial charge < -0.3 is 14.2 Å². The van der Waals surface area contributed by atoms with Gasteiger partial charge in [0.05, 0.1) is 30.1 Å². The molecule has 2 aromatic rings. The van der Waals surface area contributed by atoms with Crippen molar-refractivity contribution in [2.75, 3.05) is 44.8 Å². The molecule has 2 aliphatic heterocycles. The molecule has 33 heavy (non-hydrogen) atoms. The van der Waals surface area contributed by atoms with Gasteiger partial charge in [0.2, 0.25) is 0 Å². The summed E-state index contributed by atoms with van der Waals surface area (Å²) in [6.45, 7) is 1.68. The Hall–Kier alpha value is -2.62. The number of nitrogens with zero attached hydrogens (tertiary/aromatic N) is 5. The van der Waals surface area contributed by atoms with Crippen LogP contribution in [0.4, 0.5) is 18.9 Å². The lowest BCUT2D eigenvalue weighted by Gasteiger charge is -2.42. The maximum atomic E-state index is 13.5. The van der Waals surface area contributed by atoms with Crippen LogP contribution in [0.3, 0.4) is 0 Å². The Morgan fingerprint density at radius 1 is 1.33 bits per heavy atom. The first-order valence-corrected chi connectivity index (χ1v) is 11.8. The molecule has 0 saturated carbocycles. The van der Waals surface area contributed by atoms with E-state index >= 15 is 0 Å². The van der Waals surface area contributed by atoms with Crippen LogP contribution in [0.15, 0.2) is 35.7 Å². The van der Waals surface area contributed by atoms with Crippen molar-refractivity contribution in [2.24, 2.45) is 18.4 Å². The van der Waals surface area contributed by atoms with Crippen molar-refractivity contribution in [3.63, 3.8) is 0 Å². The number of hydrogen-bond acceptors (Lipinski definition) is 6. The van der Waals surface area contributed by atoms with E-state index in [1.807, 2.05) is 4.90 Å². The summed E-state index contributed by atoms with van der Waals surface area (Å²) in [5, 5.41) is 9.04. The molecule has 0 aliphatic carbocycles. The molecule has 0 amide bonds. The summed E-state index contributed by atoms with van der Waals surface area (Å²) < 4.78 is 75.0. The Morgan fingerprint density at radius 2 is 2.09 bits per heavy atom. The third-order valence-corrected chi connectivity index (χ3v) is 8.36. The fourth-order valence-electron chi connectivity index (χ4n) is 4.91. The molecule has 3 heterocycles. The van der Waals surface area contributed by atoms with Gasteiger partial charge in [-0.05, 0) is 30.5 Å². The summed E-state index contributed by atoms with van der Waals surface area (Å²) in [6, 6.07) is 5.29. The second-order valence-corrected chi connectivity index (χ2v) is 10.6. The number of methoxy groups -OCH3 is 1. The number of ether oxygens (including phenoxy) is 1. The topological polar surface area (TPSA) is 91.5 Å². The zero-order valence-electron chi connectivity index (χ0n) is 18.2. The van der Waals surface area contributed by atoms with Crippen molar-refractivity contribution >= 4 is 15.7 Å². The van der Waals surface area contributed by atoms with Gasteiger partial charge in [-0.15, -0.1) is 0 Å². The van der Waals surface area contributed by atoms with E-state index in [4.69, 9.17) is 10.00 Å². The van der Waals surface area contributed by atoms with Gasteiger partial charge in [0.1, 0.15) is 0 Å². The van der Waals surface area contributed by atoms with E-state index in [-0.39, 0.29) is 24.0 Å². The summed E-state index contributed by atoms with van der Waals surface area (Å²) in [6.07, 6.45) is -1.27. The predicted octanol–water partition coefficient (Wildman–Crippen LogP) is 2.47. The molecule has 2 aliphatic rings. The summed E-state index contributed by atoms with van der Waals surface area (Å²) in [5.74, 6) is -0.144. The summed E-state index contributed by atoms with van der Waals surface area (Å²) >= 11 is 0. The number of piperidine rings is 1. The minimum Gasteiger partial charge on any atom is -0.384 e. The standard InChI is InChI=1S/C21H24F3N5O3S/c1-27-11-19(26-14-27)33(30,31)29-6-5-20(13-32-2)12-28(9-16(20)10-29)17-4-3-15(8-25)18(7-17)21(22,23)24/h3-4,7,11,14,16H,5-6,9-10,12-13H2,1-2H3/t16-,20-/m0/s1. The van der Waals surface area contributed by atoms with Crippen LogP contribution in [0.2, 0.25) is 0 Å². The maximum absolute atomic E-state index is 13.5. The molecule has 0 unspecified atom stereocenters. The molecule has 1 aromatic carbocycles. The van der Waals surface area contributed by atoms with Gasteiger partial charge in [-0.1, -0.05) is 0 Å². The summed E-state index contributed by atoms with van der Waals surface area (Å²) in [5.41, 5.74) is -1.44. The third-order valence-electron chi connectivity index (χ3n) is 6.61. The molecule has 0 N–H and O–H groups in total. The molecule has 178 valence electrons. The van der Waals surface area contributed by atoms with Crippen molar-refractivity contribution in [2.45, 2.75) is 17.6 Å². The minimum atomic E-state index is -4.65. The van der Waals surface area contributed by atoms with Crippen LogP contribution >= 0.6 is 0 Å². The predicted molar refractivity (Wildman–Crippen MR) is 113 cm³/mol. The number of sulfonamides is 1. The van der Waals surface area contributed by atoms with E-state index in [2.05, 4.69) is 4.98 Å². The number of fused-ring (bicyclic) bond motifs is 1. The Bertz CT molecular complexity index is 1190. The Balaban J connectivity index is 1.63. The van der Waals surface area contributed by atoms with Crippen molar-refractivity contribution in [3.8, 4) is 6.07 Å². The molecule has 2 fully saturated rings. The third kappa shape index (κ3) is 4.20. The molecule has 0 bridgehead atoms. The van der Waals surface area contributed by atoms with Gasteiger partial charge in [-0.2, -0.15) is 22.7 Å². The number of aromatic nitrogens is 2. The van der Waals surface area contributed by atoms with Gasteiger partial charge in [0, 0.05) is 57.6 Å². The lowest BCUT2D eigenvalue weighted by molar-refractivity contribution is -0.137. The van der Waals surface area contributed by atoms with Gasteiger partial charge >= 0.3 is 6.18 Å². The van der Waals surface area contributed by atoms with Crippen LogP contribution in [0, 0.1) is 22.7 Å². The van der Waals surface area contributed by atoms with E-state index in [1.54, 1.807) is 24.8 Å². The number of anilines is 1. The normalized spacial score (nSPS) is 24.0. The number of aryl methyl sites for hydroxylation is 1. The van der Waals surface area contributed by atoms with Crippen molar-refractivity contribution < 1.29 is 26.3 Å². The van der Waals surface area contributed by atoms with Crippen molar-refractivity contribution in [3.05, 3.63) is 41.9 Å². The molecule has 2 saturated heterocycles. The number of rotatable bonds is 5. The number of alkyl halides is 3. The van der Waals surface area contributed by atoms with Gasteiger partial charge in [-0.25, -0.2) is 13.4 Å². The molecular formula is C21H24F3N5O3S. The Morgan fingerprint density at radius 3 is 2.70 bits per heavy atom. The number of benzene rings is 1. The summed E-state index contributed by atoms with van der Waals surface area (Å²) in [7, 11) is -0.529. The highest BCUT2D eigenvalue weighted by atomic mass is 32.2. The average molecular weight is 484 g/mol. The zero-order valence-corrected chi connectivity index (χ0v) is 19.0. The summed E-state index contributed by atoms with van der Waals surface area (Å²) in [4.78, 5) is 5.81. The van der Waals surface area contributed by atoms with E-state index < -0.39 is 32.7 Å². The lowest BCUT2D eigenvalue weighted by atomic mass is 9.74. The van der Waals surface area contributed by atoms with E-state index in [0.717, 1.165) is 6.07 Å². The quantitative estimate of drug-likeness (QED) is 0.649. The average Bonchev–Trinajstić information content (AvgIpc) is 3.36. The smallest absolute Gasteiger partial charge is 0.384 e. The highest BCUT2D eigenvalue weighted by Crippen LogP contribution is 2.46. The highest BCUT2D eigenvalue weighted by Gasteiger charge is 2.52. The lowest BCUT2D eigenvalue weighted by Crippen LogP contribution is -2.50. The molecule has 0 radical (unpaired) electrons. The van der Waals surface area contributed by atoms with E-state index in [9.17, 15) is 21.6 Å². The zero-order chi connectivity index (χ0) is 24.0. The fourth-order valence-corrected chi connectivity index (χ4v) is 6.36. The Labute approximate surface area is 190 Å². The van der Waals surface area contributed by atoms with E-state index in [0.29, 0.717) is 31.8 Å². The monoisotopic (exact) mass is 483 g/mol. The van der Waals surface area contributed by atoms with Crippen molar-refractivity contribution in [1.82, 2.24) is 13.9 Å². The highest BCUT2D eigenvalue weighted by molar-refractivity contribution is 7.89. The Kier molecular flexibility index (Phi) is 5.92. The first kappa shape index (κ1) is 23.5. The maximum Gasteiger partial charge on any atom is 0.417 e. The molecule has 0 spiro atoms. The number of nitriles is 1. The molecule has 2 atom stereocenters. The van der Waals surface area contributed by atoms with Crippen LogP contribution in [-0.4, -0.2) is 62.2 Å². The number of halogens is 3. The van der Waals surface area contributed by atoms with Gasteiger partial charge in [-0.3, -0.25) is 0 Å². The fraction of sp³-hybridized carbons (Fsp3) is 0.524. The van der Waals surface area contributed by atoms with Crippen LogP contribution in [0.5, 0.6) is 0 Å². The molecular weight excluding hydrogens is 459 g/mol. The largest absolute Gasteiger partial charge is 0.417 e. The number of imidazole rings is 1. The second kappa shape index (κ2) is 8.30. The molecule has 4 rings (SSSR count).